The molecule has 0 aromatic rings. The zero-order valence-corrected chi connectivity index (χ0v) is 7.99. The van der Waals surface area contributed by atoms with Crippen LogP contribution in [0.15, 0.2) is 22.4 Å². The standard InChI is InChI=1S/C9H14N2O2/c1-8(6-10-3)4-5-13-9(2)11-7-12/h6,8H,2,4-5H2,1,3H3. The van der Waals surface area contributed by atoms with E-state index in [1.807, 2.05) is 13.1 Å². The van der Waals surface area contributed by atoms with Crippen molar-refractivity contribution in [1.29, 1.82) is 0 Å². The summed E-state index contributed by atoms with van der Waals surface area (Å²) in [6.07, 6.45) is 4.02. The van der Waals surface area contributed by atoms with Crippen molar-refractivity contribution in [2.75, 3.05) is 13.7 Å². The fourth-order valence-corrected chi connectivity index (χ4v) is 0.775. The molecule has 0 saturated carbocycles. The van der Waals surface area contributed by atoms with Crippen LogP contribution in [0.25, 0.3) is 0 Å². The van der Waals surface area contributed by atoms with E-state index in [4.69, 9.17) is 4.74 Å². The molecule has 1 atom stereocenters. The van der Waals surface area contributed by atoms with Gasteiger partial charge in [0, 0.05) is 13.3 Å². The van der Waals surface area contributed by atoms with E-state index in [0.717, 1.165) is 6.42 Å². The molecule has 0 aliphatic heterocycles. The maximum absolute atomic E-state index is 9.76. The second-order valence-electron chi connectivity index (χ2n) is 2.62. The van der Waals surface area contributed by atoms with Gasteiger partial charge in [-0.15, -0.1) is 4.99 Å². The summed E-state index contributed by atoms with van der Waals surface area (Å²) in [5.41, 5.74) is 0. The molecule has 0 aromatic heterocycles. The molecule has 0 bridgehead atoms. The highest BCUT2D eigenvalue weighted by atomic mass is 16.5. The number of hydrogen-bond acceptors (Lipinski definition) is 4. The summed E-state index contributed by atoms with van der Waals surface area (Å²) >= 11 is 0. The Morgan fingerprint density at radius 3 is 3.00 bits per heavy atom. The lowest BCUT2D eigenvalue weighted by Crippen LogP contribution is -2.02. The Balaban J connectivity index is 3.55. The summed E-state index contributed by atoms with van der Waals surface area (Å²) in [6.45, 7) is 5.92. The summed E-state index contributed by atoms with van der Waals surface area (Å²) in [4.78, 5) is 16.9. The molecule has 0 aliphatic rings. The number of rotatable bonds is 6. The summed E-state index contributed by atoms with van der Waals surface area (Å²) in [6, 6.07) is 0. The third-order valence-electron chi connectivity index (χ3n) is 1.42. The van der Waals surface area contributed by atoms with Gasteiger partial charge in [0.15, 0.2) is 0 Å². The minimum Gasteiger partial charge on any atom is -0.478 e. The van der Waals surface area contributed by atoms with Crippen molar-refractivity contribution in [3.63, 3.8) is 0 Å². The van der Waals surface area contributed by atoms with Crippen molar-refractivity contribution in [3.05, 3.63) is 12.5 Å². The van der Waals surface area contributed by atoms with Crippen molar-refractivity contribution in [1.82, 2.24) is 0 Å². The number of aliphatic imine (C=N–C) groups is 2. The molecule has 0 aliphatic carbocycles. The molecular formula is C9H14N2O2. The van der Waals surface area contributed by atoms with E-state index in [-0.39, 0.29) is 5.88 Å². The summed E-state index contributed by atoms with van der Waals surface area (Å²) in [5.74, 6) is 0.466. The van der Waals surface area contributed by atoms with Crippen molar-refractivity contribution >= 4 is 12.3 Å². The van der Waals surface area contributed by atoms with Gasteiger partial charge in [-0.3, -0.25) is 0 Å². The second-order valence-corrected chi connectivity index (χ2v) is 2.62. The zero-order chi connectivity index (χ0) is 10.1. The van der Waals surface area contributed by atoms with Gasteiger partial charge in [-0.25, -0.2) is 4.79 Å². The number of isocyanates is 1. The molecule has 0 heterocycles. The SMILES string of the molecule is C=C(N=C=O)OCCC(C)C=NC. The first-order chi connectivity index (χ1) is 6.20. The monoisotopic (exact) mass is 182 g/mol. The van der Waals surface area contributed by atoms with Crippen LogP contribution >= 0.6 is 0 Å². The topological polar surface area (TPSA) is 51.0 Å². The minimum absolute atomic E-state index is 0.107. The van der Waals surface area contributed by atoms with Crippen LogP contribution in [0.5, 0.6) is 0 Å². The number of carbonyl (C=O) groups excluding carboxylic acids is 1. The van der Waals surface area contributed by atoms with E-state index in [1.54, 1.807) is 7.05 Å². The lowest BCUT2D eigenvalue weighted by Gasteiger charge is -2.05. The first-order valence-electron chi connectivity index (χ1n) is 4.02. The Morgan fingerprint density at radius 2 is 2.46 bits per heavy atom. The maximum atomic E-state index is 9.76. The number of hydrogen-bond donors (Lipinski definition) is 0. The lowest BCUT2D eigenvalue weighted by atomic mass is 10.1. The highest BCUT2D eigenvalue weighted by Gasteiger charge is 1.98. The van der Waals surface area contributed by atoms with Crippen LogP contribution in [0.2, 0.25) is 0 Å². The van der Waals surface area contributed by atoms with Crippen molar-refractivity contribution in [2.24, 2.45) is 15.9 Å². The van der Waals surface area contributed by atoms with Gasteiger partial charge in [0.2, 0.25) is 12.0 Å². The smallest absolute Gasteiger partial charge is 0.243 e. The van der Waals surface area contributed by atoms with E-state index in [0.29, 0.717) is 12.5 Å². The summed E-state index contributed by atoms with van der Waals surface area (Å²) in [7, 11) is 1.73. The third-order valence-corrected chi connectivity index (χ3v) is 1.42. The largest absolute Gasteiger partial charge is 0.478 e. The van der Waals surface area contributed by atoms with E-state index in [2.05, 4.69) is 16.6 Å². The fraction of sp³-hybridized carbons (Fsp3) is 0.556. The maximum Gasteiger partial charge on any atom is 0.243 e. The van der Waals surface area contributed by atoms with Gasteiger partial charge in [0.1, 0.15) is 0 Å². The fourth-order valence-electron chi connectivity index (χ4n) is 0.775. The molecule has 0 saturated heterocycles. The first kappa shape index (κ1) is 11.6. The van der Waals surface area contributed by atoms with Crippen molar-refractivity contribution < 1.29 is 9.53 Å². The second kappa shape index (κ2) is 7.25. The number of nitrogens with zero attached hydrogens (tertiary/aromatic N) is 2. The first-order valence-corrected chi connectivity index (χ1v) is 4.02. The molecule has 72 valence electrons. The molecule has 4 nitrogen and oxygen atoms in total. The van der Waals surface area contributed by atoms with Gasteiger partial charge in [0.05, 0.1) is 6.61 Å². The van der Waals surface area contributed by atoms with Crippen LogP contribution < -0.4 is 0 Å². The molecule has 0 rings (SSSR count). The molecule has 0 spiro atoms. The lowest BCUT2D eigenvalue weighted by molar-refractivity contribution is 0.201. The molecule has 1 unspecified atom stereocenters. The predicted octanol–water partition coefficient (Wildman–Crippen LogP) is 1.54. The van der Waals surface area contributed by atoms with Crippen molar-refractivity contribution in [2.45, 2.75) is 13.3 Å². The normalized spacial score (nSPS) is 12.2. The van der Waals surface area contributed by atoms with Gasteiger partial charge in [0.25, 0.3) is 0 Å². The van der Waals surface area contributed by atoms with E-state index >= 15 is 0 Å². The van der Waals surface area contributed by atoms with Gasteiger partial charge in [-0.2, -0.15) is 0 Å². The molecule has 0 amide bonds. The Labute approximate surface area is 78.0 Å². The Bertz CT molecular complexity index is 230. The van der Waals surface area contributed by atoms with E-state index in [9.17, 15) is 4.79 Å². The predicted molar refractivity (Wildman–Crippen MR) is 51.4 cm³/mol. The molecule has 0 aromatic carbocycles. The average molecular weight is 182 g/mol. The summed E-state index contributed by atoms with van der Waals surface area (Å²) in [5, 5.41) is 0. The molecular weight excluding hydrogens is 168 g/mol. The molecule has 4 heteroatoms. The molecule has 13 heavy (non-hydrogen) atoms. The van der Waals surface area contributed by atoms with Gasteiger partial charge >= 0.3 is 0 Å². The molecule has 0 fully saturated rings. The van der Waals surface area contributed by atoms with Crippen molar-refractivity contribution in [3.8, 4) is 0 Å². The Hall–Kier alpha value is -1.41. The Morgan fingerprint density at radius 1 is 1.77 bits per heavy atom. The van der Waals surface area contributed by atoms with Crippen LogP contribution in [0.3, 0.4) is 0 Å². The van der Waals surface area contributed by atoms with Crippen LogP contribution in [0, 0.1) is 5.92 Å². The molecule has 0 radical (unpaired) electrons. The minimum atomic E-state index is 0.107. The average Bonchev–Trinajstić information content (AvgIpc) is 2.05. The van der Waals surface area contributed by atoms with Gasteiger partial charge in [-0.1, -0.05) is 6.92 Å². The van der Waals surface area contributed by atoms with E-state index in [1.165, 1.54) is 6.08 Å². The quantitative estimate of drug-likeness (QED) is 0.355. The van der Waals surface area contributed by atoms with Crippen LogP contribution in [-0.4, -0.2) is 25.9 Å². The zero-order valence-electron chi connectivity index (χ0n) is 7.99. The molecule has 0 N–H and O–H groups in total. The van der Waals surface area contributed by atoms with Gasteiger partial charge in [-0.05, 0) is 18.9 Å². The third kappa shape index (κ3) is 6.97. The highest BCUT2D eigenvalue weighted by Crippen LogP contribution is 2.01. The van der Waals surface area contributed by atoms with Crippen LogP contribution in [-0.2, 0) is 9.53 Å². The Kier molecular flexibility index (Phi) is 6.46. The number of ether oxygens (including phenoxy) is 1. The van der Waals surface area contributed by atoms with Crippen LogP contribution in [0.4, 0.5) is 0 Å². The van der Waals surface area contributed by atoms with Crippen LogP contribution in [0.1, 0.15) is 13.3 Å². The highest BCUT2D eigenvalue weighted by molar-refractivity contribution is 5.59. The van der Waals surface area contributed by atoms with E-state index < -0.39 is 0 Å². The van der Waals surface area contributed by atoms with Gasteiger partial charge < -0.3 is 9.73 Å². The summed E-state index contributed by atoms with van der Waals surface area (Å²) < 4.78 is 5.01.